The topological polar surface area (TPSA) is 60.1 Å². The number of aromatic nitrogens is 1. The molecule has 1 aromatic heterocycles. The zero-order valence-electron chi connectivity index (χ0n) is 11.9. The largest absolute Gasteiger partial charge is 0.369 e. The number of carbonyl (C=O) groups is 1. The van der Waals surface area contributed by atoms with E-state index in [2.05, 4.69) is 35.3 Å². The molecule has 4 heteroatoms. The van der Waals surface area contributed by atoms with Gasteiger partial charge in [-0.15, -0.1) is 0 Å². The molecule has 106 valence electrons. The van der Waals surface area contributed by atoms with Crippen LogP contribution in [0.4, 0.5) is 0 Å². The lowest BCUT2D eigenvalue weighted by Gasteiger charge is -2.16. The van der Waals surface area contributed by atoms with Crippen LogP contribution >= 0.6 is 0 Å². The second-order valence-electron chi connectivity index (χ2n) is 5.71. The molecule has 2 unspecified atom stereocenters. The molecular formula is C15H25N3O. The number of amides is 1. The third kappa shape index (κ3) is 3.83. The third-order valence-electron chi connectivity index (χ3n) is 3.81. The summed E-state index contributed by atoms with van der Waals surface area (Å²) in [5.41, 5.74) is 6.65. The molecule has 19 heavy (non-hydrogen) atoms. The van der Waals surface area contributed by atoms with E-state index in [-0.39, 0.29) is 11.8 Å². The molecule has 4 nitrogen and oxygen atoms in total. The monoisotopic (exact) mass is 263 g/mol. The van der Waals surface area contributed by atoms with Crippen LogP contribution < -0.4 is 11.1 Å². The highest BCUT2D eigenvalue weighted by Gasteiger charge is 2.32. The van der Waals surface area contributed by atoms with Crippen molar-refractivity contribution in [2.45, 2.75) is 45.7 Å². The van der Waals surface area contributed by atoms with Crippen LogP contribution in [0.5, 0.6) is 0 Å². The van der Waals surface area contributed by atoms with Crippen LogP contribution in [0, 0.1) is 11.8 Å². The molecule has 0 spiro atoms. The van der Waals surface area contributed by atoms with Crippen molar-refractivity contribution >= 4 is 5.91 Å². The number of primary amides is 1. The summed E-state index contributed by atoms with van der Waals surface area (Å²) >= 11 is 0. The van der Waals surface area contributed by atoms with Gasteiger partial charge in [0, 0.05) is 25.0 Å². The van der Waals surface area contributed by atoms with Crippen LogP contribution in [-0.4, -0.2) is 17.0 Å². The fraction of sp³-hybridized carbons (Fsp3) is 0.667. The molecule has 2 atom stereocenters. The average molecular weight is 263 g/mol. The summed E-state index contributed by atoms with van der Waals surface area (Å²) in [6.45, 7) is 5.79. The minimum atomic E-state index is -0.238. The van der Waals surface area contributed by atoms with Gasteiger partial charge in [0.15, 0.2) is 0 Å². The lowest BCUT2D eigenvalue weighted by atomic mass is 10.1. The number of nitrogens with zero attached hydrogens (tertiary/aromatic N) is 1. The van der Waals surface area contributed by atoms with E-state index >= 15 is 0 Å². The summed E-state index contributed by atoms with van der Waals surface area (Å²) in [7, 11) is 0. The van der Waals surface area contributed by atoms with E-state index < -0.39 is 0 Å². The van der Waals surface area contributed by atoms with Crippen LogP contribution in [0.25, 0.3) is 0 Å². The number of hydrogen-bond acceptors (Lipinski definition) is 2. The fourth-order valence-electron chi connectivity index (χ4n) is 2.45. The van der Waals surface area contributed by atoms with Crippen molar-refractivity contribution in [2.75, 3.05) is 6.54 Å². The average Bonchev–Trinajstić information content (AvgIpc) is 3.10. The van der Waals surface area contributed by atoms with Crippen molar-refractivity contribution in [2.24, 2.45) is 17.6 Å². The first-order valence-electron chi connectivity index (χ1n) is 7.30. The van der Waals surface area contributed by atoms with Gasteiger partial charge in [0.1, 0.15) is 0 Å². The maximum Gasteiger partial charge on any atom is 0.222 e. The summed E-state index contributed by atoms with van der Waals surface area (Å²) < 4.78 is 2.08. The van der Waals surface area contributed by atoms with E-state index in [9.17, 15) is 4.79 Å². The summed E-state index contributed by atoms with van der Waals surface area (Å²) in [4.78, 5) is 11.1. The van der Waals surface area contributed by atoms with E-state index in [1.165, 1.54) is 18.4 Å². The molecule has 1 aliphatic carbocycles. The minimum Gasteiger partial charge on any atom is -0.369 e. The number of carbonyl (C=O) groups excluding carboxylic acids is 1. The zero-order valence-corrected chi connectivity index (χ0v) is 11.9. The maximum atomic E-state index is 11.1. The molecule has 3 N–H and O–H groups in total. The van der Waals surface area contributed by atoms with Crippen LogP contribution in [0.1, 0.15) is 44.7 Å². The molecule has 1 heterocycles. The van der Waals surface area contributed by atoms with Crippen molar-refractivity contribution in [3.8, 4) is 0 Å². The summed E-state index contributed by atoms with van der Waals surface area (Å²) in [5, 5.41) is 3.63. The van der Waals surface area contributed by atoms with Gasteiger partial charge in [0.25, 0.3) is 0 Å². The highest BCUT2D eigenvalue weighted by molar-refractivity contribution is 5.76. The first-order chi connectivity index (χ1) is 9.11. The molecule has 1 aliphatic rings. The van der Waals surface area contributed by atoms with Gasteiger partial charge in [-0.3, -0.25) is 4.79 Å². The van der Waals surface area contributed by atoms with E-state index in [0.29, 0.717) is 12.6 Å². The molecule has 0 aliphatic heterocycles. The van der Waals surface area contributed by atoms with Crippen LogP contribution in [0.15, 0.2) is 18.5 Å². The molecule has 1 saturated carbocycles. The number of nitrogens with one attached hydrogen (secondary N) is 1. The van der Waals surface area contributed by atoms with Gasteiger partial charge in [0.2, 0.25) is 5.91 Å². The number of nitrogens with two attached hydrogens (primary N) is 1. The van der Waals surface area contributed by atoms with E-state index in [1.807, 2.05) is 6.92 Å². The van der Waals surface area contributed by atoms with E-state index in [1.54, 1.807) is 0 Å². The predicted molar refractivity (Wildman–Crippen MR) is 76.5 cm³/mol. The Morgan fingerprint density at radius 1 is 1.58 bits per heavy atom. The predicted octanol–water partition coefficient (Wildman–Crippen LogP) is 2.06. The Morgan fingerprint density at radius 2 is 2.32 bits per heavy atom. The van der Waals surface area contributed by atoms with Crippen molar-refractivity contribution in [3.05, 3.63) is 24.0 Å². The molecule has 2 rings (SSSR count). The Balaban J connectivity index is 1.99. The lowest BCUT2D eigenvalue weighted by molar-refractivity contribution is -0.121. The highest BCUT2D eigenvalue weighted by Crippen LogP contribution is 2.41. The quantitative estimate of drug-likeness (QED) is 0.754. The zero-order chi connectivity index (χ0) is 13.8. The molecule has 0 aromatic carbocycles. The first-order valence-corrected chi connectivity index (χ1v) is 7.30. The molecule has 1 fully saturated rings. The number of hydrogen-bond donors (Lipinski definition) is 2. The Hall–Kier alpha value is -1.29. The van der Waals surface area contributed by atoms with Crippen LogP contribution in [0.3, 0.4) is 0 Å². The fourth-order valence-corrected chi connectivity index (χ4v) is 2.45. The van der Waals surface area contributed by atoms with Gasteiger partial charge in [-0.2, -0.15) is 0 Å². The molecular weight excluding hydrogens is 238 g/mol. The Labute approximate surface area is 115 Å². The Morgan fingerprint density at radius 3 is 2.89 bits per heavy atom. The number of rotatable bonds is 8. The SMILES string of the molecule is CCCNC(c1ccn(CC(C)C(N)=O)c1)C1CC1. The standard InChI is InChI=1S/C15H25N3O/c1-3-7-17-14(12-4-5-12)13-6-8-18(10-13)9-11(2)15(16)19/h6,8,10-12,14,17H,3-5,7,9H2,1-2H3,(H2,16,19). The second kappa shape index (κ2) is 6.24. The van der Waals surface area contributed by atoms with Gasteiger partial charge in [0.05, 0.1) is 5.92 Å². The van der Waals surface area contributed by atoms with Crippen molar-refractivity contribution in [3.63, 3.8) is 0 Å². The molecule has 1 aromatic rings. The summed E-state index contributed by atoms with van der Waals surface area (Å²) in [6, 6.07) is 2.64. The second-order valence-corrected chi connectivity index (χ2v) is 5.71. The normalized spacial score (nSPS) is 18.2. The summed E-state index contributed by atoms with van der Waals surface area (Å²) in [6.07, 6.45) is 8.01. The van der Waals surface area contributed by atoms with Crippen LogP contribution in [0.2, 0.25) is 0 Å². The van der Waals surface area contributed by atoms with Crippen molar-refractivity contribution in [1.29, 1.82) is 0 Å². The molecule has 0 bridgehead atoms. The van der Waals surface area contributed by atoms with Gasteiger partial charge < -0.3 is 15.6 Å². The lowest BCUT2D eigenvalue weighted by Crippen LogP contribution is -2.25. The van der Waals surface area contributed by atoms with Gasteiger partial charge in [-0.25, -0.2) is 0 Å². The third-order valence-corrected chi connectivity index (χ3v) is 3.81. The Kier molecular flexibility index (Phi) is 4.64. The molecule has 0 radical (unpaired) electrons. The van der Waals surface area contributed by atoms with E-state index in [4.69, 9.17) is 5.73 Å². The minimum absolute atomic E-state index is 0.122. The molecule has 0 saturated heterocycles. The van der Waals surface area contributed by atoms with Crippen molar-refractivity contribution < 1.29 is 4.79 Å². The maximum absolute atomic E-state index is 11.1. The molecule has 1 amide bonds. The van der Waals surface area contributed by atoms with Crippen molar-refractivity contribution in [1.82, 2.24) is 9.88 Å². The smallest absolute Gasteiger partial charge is 0.222 e. The first kappa shape index (κ1) is 14.1. The van der Waals surface area contributed by atoms with E-state index in [0.717, 1.165) is 18.9 Å². The Bertz CT molecular complexity index is 423. The van der Waals surface area contributed by atoms with Crippen LogP contribution in [-0.2, 0) is 11.3 Å². The van der Waals surface area contributed by atoms with Gasteiger partial charge in [-0.05, 0) is 43.4 Å². The van der Waals surface area contributed by atoms with Gasteiger partial charge in [-0.1, -0.05) is 13.8 Å². The highest BCUT2D eigenvalue weighted by atomic mass is 16.1. The van der Waals surface area contributed by atoms with Gasteiger partial charge >= 0.3 is 0 Å². The summed E-state index contributed by atoms with van der Waals surface area (Å²) in [5.74, 6) is 0.428.